The van der Waals surface area contributed by atoms with E-state index in [9.17, 15) is 14.9 Å². The summed E-state index contributed by atoms with van der Waals surface area (Å²) in [6.45, 7) is 2.28. The van der Waals surface area contributed by atoms with Crippen LogP contribution in [0.2, 0.25) is 10.0 Å². The molecule has 12 heteroatoms. The zero-order valence-corrected chi connectivity index (χ0v) is 15.9. The van der Waals surface area contributed by atoms with Crippen molar-refractivity contribution in [2.75, 3.05) is 17.2 Å². The summed E-state index contributed by atoms with van der Waals surface area (Å²) in [5, 5.41) is 19.0. The van der Waals surface area contributed by atoms with Crippen molar-refractivity contribution in [1.82, 2.24) is 20.3 Å². The van der Waals surface area contributed by atoms with E-state index in [0.717, 1.165) is 6.07 Å². The van der Waals surface area contributed by atoms with Crippen molar-refractivity contribution in [2.24, 2.45) is 0 Å². The van der Waals surface area contributed by atoms with E-state index in [-0.39, 0.29) is 27.4 Å². The molecule has 28 heavy (non-hydrogen) atoms. The SMILES string of the molecule is CCNC(=O)Nc1ccc2ncc(Nc3cc(Cl)c([N+](=O)[O-])cc3Cl)nc2n1. The number of pyridine rings is 1. The second-order valence-corrected chi connectivity index (χ2v) is 6.26. The van der Waals surface area contributed by atoms with E-state index in [4.69, 9.17) is 23.2 Å². The molecule has 144 valence electrons. The van der Waals surface area contributed by atoms with E-state index < -0.39 is 4.92 Å². The summed E-state index contributed by atoms with van der Waals surface area (Å²) >= 11 is 12.0. The van der Waals surface area contributed by atoms with Gasteiger partial charge in [-0.15, -0.1) is 0 Å². The largest absolute Gasteiger partial charge is 0.338 e. The smallest absolute Gasteiger partial charge is 0.320 e. The maximum absolute atomic E-state index is 11.6. The zero-order valence-electron chi connectivity index (χ0n) is 14.4. The highest BCUT2D eigenvalue weighted by molar-refractivity contribution is 6.36. The van der Waals surface area contributed by atoms with Crippen LogP contribution in [0.5, 0.6) is 0 Å². The number of fused-ring (bicyclic) bond motifs is 1. The molecule has 0 atom stereocenters. The van der Waals surface area contributed by atoms with Gasteiger partial charge in [-0.25, -0.2) is 19.7 Å². The number of nitro groups is 1. The molecular formula is C16H13Cl2N7O3. The molecule has 0 bridgehead atoms. The van der Waals surface area contributed by atoms with E-state index in [1.165, 1.54) is 12.3 Å². The second-order valence-electron chi connectivity index (χ2n) is 5.44. The Morgan fingerprint density at radius 1 is 1.18 bits per heavy atom. The van der Waals surface area contributed by atoms with Crippen LogP contribution in [-0.2, 0) is 0 Å². The summed E-state index contributed by atoms with van der Waals surface area (Å²) in [6.07, 6.45) is 1.45. The molecule has 0 aliphatic carbocycles. The molecule has 0 spiro atoms. The molecule has 3 N–H and O–H groups in total. The van der Waals surface area contributed by atoms with Gasteiger partial charge in [-0.05, 0) is 25.1 Å². The second kappa shape index (κ2) is 8.19. The van der Waals surface area contributed by atoms with Gasteiger partial charge in [-0.2, -0.15) is 0 Å². The van der Waals surface area contributed by atoms with Crippen LogP contribution >= 0.6 is 23.2 Å². The van der Waals surface area contributed by atoms with Crippen molar-refractivity contribution in [2.45, 2.75) is 6.92 Å². The first-order valence-electron chi connectivity index (χ1n) is 7.96. The van der Waals surface area contributed by atoms with Gasteiger partial charge in [0.15, 0.2) is 11.5 Å². The molecule has 3 aromatic rings. The molecule has 0 aliphatic heterocycles. The molecule has 3 rings (SSSR count). The van der Waals surface area contributed by atoms with Gasteiger partial charge in [0.05, 0.1) is 21.8 Å². The Kier molecular flexibility index (Phi) is 5.71. The van der Waals surface area contributed by atoms with Gasteiger partial charge in [0.2, 0.25) is 0 Å². The van der Waals surface area contributed by atoms with Gasteiger partial charge in [0, 0.05) is 12.6 Å². The fourth-order valence-corrected chi connectivity index (χ4v) is 2.70. The van der Waals surface area contributed by atoms with Crippen LogP contribution in [0.1, 0.15) is 6.92 Å². The van der Waals surface area contributed by atoms with E-state index >= 15 is 0 Å². The number of halogens is 2. The number of nitro benzene ring substituents is 1. The highest BCUT2D eigenvalue weighted by Gasteiger charge is 2.16. The summed E-state index contributed by atoms with van der Waals surface area (Å²) in [5.41, 5.74) is 0.815. The lowest BCUT2D eigenvalue weighted by atomic mass is 10.2. The predicted octanol–water partition coefficient (Wildman–Crippen LogP) is 4.12. The van der Waals surface area contributed by atoms with Crippen molar-refractivity contribution in [3.8, 4) is 0 Å². The maximum Gasteiger partial charge on any atom is 0.320 e. The first-order chi connectivity index (χ1) is 13.4. The Balaban J connectivity index is 1.88. The van der Waals surface area contributed by atoms with Crippen molar-refractivity contribution in [1.29, 1.82) is 0 Å². The third kappa shape index (κ3) is 4.35. The molecule has 0 aliphatic rings. The van der Waals surface area contributed by atoms with E-state index in [1.54, 1.807) is 19.1 Å². The minimum Gasteiger partial charge on any atom is -0.338 e. The monoisotopic (exact) mass is 421 g/mol. The van der Waals surface area contributed by atoms with Gasteiger partial charge in [0.1, 0.15) is 16.4 Å². The number of urea groups is 1. The highest BCUT2D eigenvalue weighted by atomic mass is 35.5. The molecule has 0 unspecified atom stereocenters. The molecule has 0 saturated heterocycles. The fraction of sp³-hybridized carbons (Fsp3) is 0.125. The molecule has 10 nitrogen and oxygen atoms in total. The number of nitrogens with one attached hydrogen (secondary N) is 3. The lowest BCUT2D eigenvalue weighted by Gasteiger charge is -2.09. The first-order valence-corrected chi connectivity index (χ1v) is 8.72. The van der Waals surface area contributed by atoms with Crippen LogP contribution in [0.3, 0.4) is 0 Å². The Labute approximate surface area is 168 Å². The van der Waals surface area contributed by atoms with Crippen LogP contribution in [-0.4, -0.2) is 32.5 Å². The van der Waals surface area contributed by atoms with Crippen LogP contribution in [0.15, 0.2) is 30.5 Å². The summed E-state index contributed by atoms with van der Waals surface area (Å²) in [6, 6.07) is 5.36. The Bertz CT molecular complexity index is 1080. The predicted molar refractivity (Wildman–Crippen MR) is 106 cm³/mol. The molecule has 2 amide bonds. The number of hydrogen-bond donors (Lipinski definition) is 3. The van der Waals surface area contributed by atoms with E-state index in [1.807, 2.05) is 0 Å². The number of carbonyl (C=O) groups is 1. The Morgan fingerprint density at radius 2 is 1.93 bits per heavy atom. The van der Waals surface area contributed by atoms with Crippen molar-refractivity contribution < 1.29 is 9.72 Å². The lowest BCUT2D eigenvalue weighted by molar-refractivity contribution is -0.384. The molecule has 0 saturated carbocycles. The van der Waals surface area contributed by atoms with E-state index in [2.05, 4.69) is 30.9 Å². The summed E-state index contributed by atoms with van der Waals surface area (Å²) in [5.74, 6) is 0.600. The number of aromatic nitrogens is 3. The topological polar surface area (TPSA) is 135 Å². The molecule has 0 radical (unpaired) electrons. The molecule has 2 aromatic heterocycles. The number of nitrogens with zero attached hydrogens (tertiary/aromatic N) is 4. The highest BCUT2D eigenvalue weighted by Crippen LogP contribution is 2.35. The van der Waals surface area contributed by atoms with Gasteiger partial charge < -0.3 is 10.6 Å². The molecule has 2 heterocycles. The van der Waals surface area contributed by atoms with Crippen LogP contribution in [0.4, 0.5) is 27.8 Å². The van der Waals surface area contributed by atoms with Gasteiger partial charge in [0.25, 0.3) is 5.69 Å². The maximum atomic E-state index is 11.6. The van der Waals surface area contributed by atoms with Crippen LogP contribution in [0.25, 0.3) is 11.2 Å². The summed E-state index contributed by atoms with van der Waals surface area (Å²) in [4.78, 5) is 34.7. The van der Waals surface area contributed by atoms with Crippen molar-refractivity contribution in [3.63, 3.8) is 0 Å². The quantitative estimate of drug-likeness (QED) is 0.416. The standard InChI is InChI=1S/C16H13Cl2N7O3/c1-2-19-16(26)24-13-4-3-10-15(22-13)23-14(7-20-10)21-11-5-9(18)12(25(27)28)6-8(11)17/h3-7H,2H2,1H3,(H3,19,21,22,23,24,26). The Hall–Kier alpha value is -3.24. The van der Waals surface area contributed by atoms with Crippen LogP contribution in [0, 0.1) is 10.1 Å². The minimum atomic E-state index is -0.624. The van der Waals surface area contributed by atoms with Crippen LogP contribution < -0.4 is 16.0 Å². The molecular weight excluding hydrogens is 409 g/mol. The Morgan fingerprint density at radius 3 is 2.64 bits per heavy atom. The number of carbonyl (C=O) groups excluding carboxylic acids is 1. The average molecular weight is 422 g/mol. The number of anilines is 3. The third-order valence-electron chi connectivity index (χ3n) is 3.48. The number of amides is 2. The minimum absolute atomic E-state index is 0.0720. The van der Waals surface area contributed by atoms with Gasteiger partial charge in [-0.3, -0.25) is 15.4 Å². The molecule has 0 fully saturated rings. The first kappa shape index (κ1) is 19.5. The normalized spacial score (nSPS) is 10.5. The molecule has 1 aromatic carbocycles. The number of benzene rings is 1. The zero-order chi connectivity index (χ0) is 20.3. The third-order valence-corrected chi connectivity index (χ3v) is 4.10. The average Bonchev–Trinajstić information content (AvgIpc) is 2.64. The summed E-state index contributed by atoms with van der Waals surface area (Å²) in [7, 11) is 0. The van der Waals surface area contributed by atoms with Crippen molar-refractivity contribution >= 4 is 63.4 Å². The van der Waals surface area contributed by atoms with Gasteiger partial charge >= 0.3 is 6.03 Å². The number of hydrogen-bond acceptors (Lipinski definition) is 7. The lowest BCUT2D eigenvalue weighted by Crippen LogP contribution is -2.28. The number of rotatable bonds is 5. The van der Waals surface area contributed by atoms with Gasteiger partial charge in [-0.1, -0.05) is 23.2 Å². The summed E-state index contributed by atoms with van der Waals surface area (Å²) < 4.78 is 0. The fourth-order valence-electron chi connectivity index (χ4n) is 2.26. The van der Waals surface area contributed by atoms with E-state index in [0.29, 0.717) is 29.4 Å². The van der Waals surface area contributed by atoms with Crippen molar-refractivity contribution in [3.05, 3.63) is 50.6 Å².